The van der Waals surface area contributed by atoms with Gasteiger partial charge in [0.25, 0.3) is 0 Å². The van der Waals surface area contributed by atoms with Gasteiger partial charge in [0.1, 0.15) is 0 Å². The first kappa shape index (κ1) is 16.2. The van der Waals surface area contributed by atoms with Gasteiger partial charge in [0.15, 0.2) is 0 Å². The summed E-state index contributed by atoms with van der Waals surface area (Å²) >= 11 is 0. The number of carbonyl (C=O) groups excluding carboxylic acids is 1. The average molecular weight is 298 g/mol. The first-order valence-electron chi connectivity index (χ1n) is 7.02. The predicted molar refractivity (Wildman–Crippen MR) is 87.8 cm³/mol. The predicted octanol–water partition coefficient (Wildman–Crippen LogP) is -0.101. The molecule has 4 N–H and O–H groups in total. The van der Waals surface area contributed by atoms with Gasteiger partial charge in [-0.1, -0.05) is 42.5 Å². The smallest absolute Gasteiger partial charge is 0.423 e. The summed E-state index contributed by atoms with van der Waals surface area (Å²) in [5, 5.41) is 18.1. The fraction of sp³-hybridized carbons (Fsp3) is 0.188. The Morgan fingerprint density at radius 1 is 1.14 bits per heavy atom. The van der Waals surface area contributed by atoms with Gasteiger partial charge in [0.05, 0.1) is 6.04 Å². The van der Waals surface area contributed by atoms with Gasteiger partial charge in [0, 0.05) is 12.7 Å². The SMILES string of the molecule is CN(C(=O)[C@@H](N)Cc1ccc(B(O)O)cc1)c1ccccc1. The Morgan fingerprint density at radius 3 is 2.27 bits per heavy atom. The van der Waals surface area contributed by atoms with Crippen molar-refractivity contribution in [3.8, 4) is 0 Å². The van der Waals surface area contributed by atoms with Gasteiger partial charge < -0.3 is 20.7 Å². The minimum atomic E-state index is -1.49. The molecule has 1 amide bonds. The molecule has 2 aromatic carbocycles. The van der Waals surface area contributed by atoms with Crippen molar-refractivity contribution in [1.82, 2.24) is 0 Å². The van der Waals surface area contributed by atoms with Gasteiger partial charge >= 0.3 is 7.12 Å². The van der Waals surface area contributed by atoms with Gasteiger partial charge in [-0.05, 0) is 29.6 Å². The van der Waals surface area contributed by atoms with Crippen LogP contribution in [-0.2, 0) is 11.2 Å². The van der Waals surface area contributed by atoms with Crippen molar-refractivity contribution in [3.05, 3.63) is 60.2 Å². The molecule has 0 heterocycles. The maximum absolute atomic E-state index is 12.3. The zero-order valence-corrected chi connectivity index (χ0v) is 12.4. The zero-order valence-electron chi connectivity index (χ0n) is 12.4. The standard InChI is InChI=1S/C16H19BN2O3/c1-19(14-5-3-2-4-6-14)16(20)15(18)11-12-7-9-13(10-8-12)17(21)22/h2-10,15,21-22H,11,18H2,1H3/t15-/m0/s1. The van der Waals surface area contributed by atoms with Crippen LogP contribution in [0.25, 0.3) is 0 Å². The summed E-state index contributed by atoms with van der Waals surface area (Å²) in [5.41, 5.74) is 8.06. The van der Waals surface area contributed by atoms with E-state index in [-0.39, 0.29) is 5.91 Å². The molecular weight excluding hydrogens is 279 g/mol. The summed E-state index contributed by atoms with van der Waals surface area (Å²) in [5.74, 6) is -0.169. The summed E-state index contributed by atoms with van der Waals surface area (Å²) in [6.45, 7) is 0. The van der Waals surface area contributed by atoms with Crippen molar-refractivity contribution in [2.75, 3.05) is 11.9 Å². The van der Waals surface area contributed by atoms with Crippen LogP contribution in [0.4, 0.5) is 5.69 Å². The molecule has 1 atom stereocenters. The molecule has 0 aliphatic rings. The zero-order chi connectivity index (χ0) is 16.1. The Kier molecular flexibility index (Phi) is 5.33. The van der Waals surface area contributed by atoms with Crippen LogP contribution in [0.15, 0.2) is 54.6 Å². The number of para-hydroxylation sites is 1. The van der Waals surface area contributed by atoms with E-state index in [9.17, 15) is 4.79 Å². The van der Waals surface area contributed by atoms with Crippen LogP contribution in [0.3, 0.4) is 0 Å². The molecule has 0 spiro atoms. The van der Waals surface area contributed by atoms with Crippen molar-refractivity contribution in [2.45, 2.75) is 12.5 Å². The molecule has 0 unspecified atom stereocenters. The molecule has 22 heavy (non-hydrogen) atoms. The van der Waals surface area contributed by atoms with Gasteiger partial charge in [0.2, 0.25) is 5.91 Å². The van der Waals surface area contributed by atoms with Crippen molar-refractivity contribution in [2.24, 2.45) is 5.73 Å². The maximum atomic E-state index is 12.3. The molecule has 2 rings (SSSR count). The molecule has 0 radical (unpaired) electrons. The highest BCUT2D eigenvalue weighted by Gasteiger charge is 2.20. The lowest BCUT2D eigenvalue weighted by atomic mass is 9.80. The number of nitrogens with zero attached hydrogens (tertiary/aromatic N) is 1. The van der Waals surface area contributed by atoms with Crippen LogP contribution >= 0.6 is 0 Å². The van der Waals surface area contributed by atoms with E-state index in [2.05, 4.69) is 0 Å². The summed E-state index contributed by atoms with van der Waals surface area (Å²) in [6, 6.07) is 15.4. The summed E-state index contributed by atoms with van der Waals surface area (Å²) < 4.78 is 0. The van der Waals surface area contributed by atoms with Gasteiger partial charge in [-0.25, -0.2) is 0 Å². The second-order valence-corrected chi connectivity index (χ2v) is 5.16. The molecule has 114 valence electrons. The quantitative estimate of drug-likeness (QED) is 0.673. The van der Waals surface area contributed by atoms with Gasteiger partial charge in [-0.2, -0.15) is 0 Å². The lowest BCUT2D eigenvalue weighted by molar-refractivity contribution is -0.119. The maximum Gasteiger partial charge on any atom is 0.488 e. The number of rotatable bonds is 5. The minimum absolute atomic E-state index is 0.169. The highest BCUT2D eigenvalue weighted by Crippen LogP contribution is 2.13. The lowest BCUT2D eigenvalue weighted by Gasteiger charge is -2.21. The Hall–Kier alpha value is -2.15. The highest BCUT2D eigenvalue weighted by atomic mass is 16.4. The normalized spacial score (nSPS) is 11.8. The number of likely N-dealkylation sites (N-methyl/N-ethyl adjacent to an activating group) is 1. The van der Waals surface area contributed by atoms with E-state index in [0.717, 1.165) is 11.3 Å². The van der Waals surface area contributed by atoms with E-state index in [1.165, 1.54) is 4.90 Å². The Bertz CT molecular complexity index is 617. The molecule has 0 saturated heterocycles. The van der Waals surface area contributed by atoms with E-state index in [1.807, 2.05) is 30.3 Å². The van der Waals surface area contributed by atoms with Crippen molar-refractivity contribution >= 4 is 24.2 Å². The Balaban J connectivity index is 2.02. The van der Waals surface area contributed by atoms with Crippen LogP contribution in [0.5, 0.6) is 0 Å². The molecule has 5 nitrogen and oxygen atoms in total. The number of anilines is 1. The lowest BCUT2D eigenvalue weighted by Crippen LogP contribution is -2.43. The van der Waals surface area contributed by atoms with Crippen molar-refractivity contribution in [3.63, 3.8) is 0 Å². The second kappa shape index (κ2) is 7.22. The van der Waals surface area contributed by atoms with Crippen LogP contribution in [-0.4, -0.2) is 36.2 Å². The minimum Gasteiger partial charge on any atom is -0.423 e. The third-order valence-corrected chi connectivity index (χ3v) is 3.52. The fourth-order valence-corrected chi connectivity index (χ4v) is 2.19. The van der Waals surface area contributed by atoms with E-state index in [0.29, 0.717) is 11.9 Å². The molecule has 6 heteroatoms. The molecule has 0 bridgehead atoms. The van der Waals surface area contributed by atoms with E-state index in [4.69, 9.17) is 15.8 Å². The number of amides is 1. The number of benzene rings is 2. The number of hydrogen-bond donors (Lipinski definition) is 3. The molecule has 0 saturated carbocycles. The molecule has 0 aromatic heterocycles. The molecular formula is C16H19BN2O3. The molecule has 2 aromatic rings. The molecule has 0 aliphatic carbocycles. The van der Waals surface area contributed by atoms with E-state index in [1.54, 1.807) is 31.3 Å². The Morgan fingerprint density at radius 2 is 1.73 bits per heavy atom. The average Bonchev–Trinajstić information content (AvgIpc) is 2.54. The third kappa shape index (κ3) is 3.95. The van der Waals surface area contributed by atoms with Crippen LogP contribution in [0, 0.1) is 0 Å². The number of nitrogens with two attached hydrogens (primary N) is 1. The molecule has 0 aliphatic heterocycles. The van der Waals surface area contributed by atoms with Crippen molar-refractivity contribution in [1.29, 1.82) is 0 Å². The van der Waals surface area contributed by atoms with E-state index >= 15 is 0 Å². The van der Waals surface area contributed by atoms with Gasteiger partial charge in [-0.15, -0.1) is 0 Å². The van der Waals surface area contributed by atoms with Gasteiger partial charge in [-0.3, -0.25) is 4.79 Å². The number of hydrogen-bond acceptors (Lipinski definition) is 4. The fourth-order valence-electron chi connectivity index (χ4n) is 2.19. The van der Waals surface area contributed by atoms with Crippen LogP contribution < -0.4 is 16.1 Å². The Labute approximate surface area is 130 Å². The summed E-state index contributed by atoms with van der Waals surface area (Å²) in [6.07, 6.45) is 0.387. The first-order chi connectivity index (χ1) is 10.5. The van der Waals surface area contributed by atoms with Crippen molar-refractivity contribution < 1.29 is 14.8 Å². The second-order valence-electron chi connectivity index (χ2n) is 5.16. The van der Waals surface area contributed by atoms with Crippen LogP contribution in [0.1, 0.15) is 5.56 Å². The largest absolute Gasteiger partial charge is 0.488 e. The highest BCUT2D eigenvalue weighted by molar-refractivity contribution is 6.58. The monoisotopic (exact) mass is 298 g/mol. The molecule has 0 fully saturated rings. The topological polar surface area (TPSA) is 86.8 Å². The van der Waals surface area contributed by atoms with E-state index < -0.39 is 13.2 Å². The summed E-state index contributed by atoms with van der Waals surface area (Å²) in [4.78, 5) is 13.9. The third-order valence-electron chi connectivity index (χ3n) is 3.52. The summed E-state index contributed by atoms with van der Waals surface area (Å²) in [7, 11) is 0.205. The van der Waals surface area contributed by atoms with Crippen LogP contribution in [0.2, 0.25) is 0 Å². The number of carbonyl (C=O) groups is 1. The first-order valence-corrected chi connectivity index (χ1v) is 7.02.